The number of rotatable bonds is 4. The number of thiazole rings is 1. The van der Waals surface area contributed by atoms with E-state index in [-0.39, 0.29) is 16.3 Å². The maximum absolute atomic E-state index is 14.0. The van der Waals surface area contributed by atoms with E-state index in [1.54, 1.807) is 19.2 Å². The number of anilines is 1. The Labute approximate surface area is 146 Å². The average Bonchev–Trinajstić information content (AvgIpc) is 2.96. The molecule has 0 spiro atoms. The van der Waals surface area contributed by atoms with Crippen molar-refractivity contribution in [1.82, 2.24) is 4.98 Å². The molecule has 0 aliphatic heterocycles. The second-order valence-electron chi connectivity index (χ2n) is 4.75. The van der Waals surface area contributed by atoms with Gasteiger partial charge in [0, 0.05) is 0 Å². The van der Waals surface area contributed by atoms with Crippen molar-refractivity contribution >= 4 is 44.2 Å². The molecule has 24 heavy (non-hydrogen) atoms. The molecule has 8 heteroatoms. The Hall–Kier alpha value is -2.38. The number of aromatic nitrogens is 1. The van der Waals surface area contributed by atoms with E-state index in [0.29, 0.717) is 16.4 Å². The van der Waals surface area contributed by atoms with Gasteiger partial charge in [-0.25, -0.2) is 9.37 Å². The molecule has 3 aromatic rings. The molecular formula is C16H12ClFN2O3S. The number of nitrogens with zero attached hydrogens (tertiary/aromatic N) is 1. The first-order valence-electron chi connectivity index (χ1n) is 6.81. The molecule has 3 rings (SSSR count). The molecule has 0 radical (unpaired) electrons. The van der Waals surface area contributed by atoms with Crippen LogP contribution in [0.4, 0.5) is 9.52 Å². The smallest absolute Gasteiger partial charge is 0.262 e. The average molecular weight is 367 g/mol. The van der Waals surface area contributed by atoms with Gasteiger partial charge in [0.25, 0.3) is 5.91 Å². The van der Waals surface area contributed by atoms with Crippen molar-refractivity contribution in [1.29, 1.82) is 0 Å². The zero-order valence-corrected chi connectivity index (χ0v) is 14.3. The first-order chi connectivity index (χ1) is 11.5. The van der Waals surface area contributed by atoms with Gasteiger partial charge in [-0.05, 0) is 30.3 Å². The van der Waals surface area contributed by atoms with Crippen molar-refractivity contribution in [3.8, 4) is 11.5 Å². The van der Waals surface area contributed by atoms with Crippen LogP contribution in [0.2, 0.25) is 5.02 Å². The summed E-state index contributed by atoms with van der Waals surface area (Å²) in [6.45, 7) is 0. The summed E-state index contributed by atoms with van der Waals surface area (Å²) < 4.78 is 25.0. The fourth-order valence-corrected chi connectivity index (χ4v) is 3.35. The van der Waals surface area contributed by atoms with E-state index in [4.69, 9.17) is 21.1 Å². The van der Waals surface area contributed by atoms with Crippen molar-refractivity contribution in [3.63, 3.8) is 0 Å². The standard InChI is InChI=1S/C16H12ClFN2O3S/c1-22-8-3-5-10-12(7-8)24-16(19-10)20-15(21)13-9(18)4-6-11(23-2)14(13)17/h3-7H,1-2H3,(H,19,20,21). The van der Waals surface area contributed by atoms with Crippen LogP contribution in [0.1, 0.15) is 10.4 Å². The third kappa shape index (κ3) is 3.00. The number of nitrogens with one attached hydrogen (secondary N) is 1. The molecule has 0 saturated heterocycles. The Bertz CT molecular complexity index is 929. The van der Waals surface area contributed by atoms with Gasteiger partial charge < -0.3 is 9.47 Å². The van der Waals surface area contributed by atoms with Crippen LogP contribution >= 0.6 is 22.9 Å². The van der Waals surface area contributed by atoms with Crippen LogP contribution < -0.4 is 14.8 Å². The Kier molecular flexibility index (Phi) is 4.55. The zero-order chi connectivity index (χ0) is 17.3. The third-order valence-corrected chi connectivity index (χ3v) is 4.63. The second kappa shape index (κ2) is 6.62. The highest BCUT2D eigenvalue weighted by molar-refractivity contribution is 7.22. The molecule has 0 unspecified atom stereocenters. The van der Waals surface area contributed by atoms with Gasteiger partial charge in [0.15, 0.2) is 5.13 Å². The molecule has 0 bridgehead atoms. The molecule has 1 heterocycles. The van der Waals surface area contributed by atoms with Crippen LogP contribution in [-0.2, 0) is 0 Å². The van der Waals surface area contributed by atoms with Crippen LogP contribution in [-0.4, -0.2) is 25.1 Å². The molecule has 0 fully saturated rings. The third-order valence-electron chi connectivity index (χ3n) is 3.32. The molecule has 1 N–H and O–H groups in total. The van der Waals surface area contributed by atoms with E-state index in [9.17, 15) is 9.18 Å². The van der Waals surface area contributed by atoms with E-state index in [1.165, 1.54) is 24.5 Å². The first-order valence-corrected chi connectivity index (χ1v) is 8.01. The normalized spacial score (nSPS) is 10.7. The van der Waals surface area contributed by atoms with Crippen LogP contribution in [0.15, 0.2) is 30.3 Å². The molecule has 1 aromatic heterocycles. The van der Waals surface area contributed by atoms with Crippen LogP contribution in [0.25, 0.3) is 10.2 Å². The second-order valence-corrected chi connectivity index (χ2v) is 6.15. The Morgan fingerprint density at radius 1 is 1.25 bits per heavy atom. The fraction of sp³-hybridized carbons (Fsp3) is 0.125. The first kappa shape index (κ1) is 16.5. The SMILES string of the molecule is COc1ccc2nc(NC(=O)c3c(F)ccc(OC)c3Cl)sc2c1. The minimum atomic E-state index is -0.735. The van der Waals surface area contributed by atoms with E-state index >= 15 is 0 Å². The molecule has 2 aromatic carbocycles. The number of hydrogen-bond acceptors (Lipinski definition) is 5. The molecule has 0 aliphatic rings. The number of ether oxygens (including phenoxy) is 2. The summed E-state index contributed by atoms with van der Waals surface area (Å²) in [7, 11) is 2.96. The maximum Gasteiger partial charge on any atom is 0.262 e. The highest BCUT2D eigenvalue weighted by Gasteiger charge is 2.21. The monoisotopic (exact) mass is 366 g/mol. The molecule has 0 aliphatic carbocycles. The van der Waals surface area contributed by atoms with Gasteiger partial charge in [-0.3, -0.25) is 10.1 Å². The highest BCUT2D eigenvalue weighted by Crippen LogP contribution is 2.32. The summed E-state index contributed by atoms with van der Waals surface area (Å²) >= 11 is 7.29. The van der Waals surface area contributed by atoms with Gasteiger partial charge in [0.1, 0.15) is 17.3 Å². The number of carbonyl (C=O) groups excluding carboxylic acids is 1. The van der Waals surface area contributed by atoms with Crippen molar-refractivity contribution in [2.75, 3.05) is 19.5 Å². The molecule has 0 saturated carbocycles. The molecule has 124 valence electrons. The van der Waals surface area contributed by atoms with Crippen LogP contribution in [0.5, 0.6) is 11.5 Å². The number of fused-ring (bicyclic) bond motifs is 1. The van der Waals surface area contributed by atoms with Crippen molar-refractivity contribution in [3.05, 3.63) is 46.7 Å². The van der Waals surface area contributed by atoms with Gasteiger partial charge in [0.05, 0.1) is 35.0 Å². The van der Waals surface area contributed by atoms with Gasteiger partial charge >= 0.3 is 0 Å². The van der Waals surface area contributed by atoms with Gasteiger partial charge in [-0.2, -0.15) is 0 Å². The van der Waals surface area contributed by atoms with E-state index in [0.717, 1.165) is 10.8 Å². The number of carbonyl (C=O) groups is 1. The lowest BCUT2D eigenvalue weighted by atomic mass is 10.2. The fourth-order valence-electron chi connectivity index (χ4n) is 2.14. The minimum Gasteiger partial charge on any atom is -0.497 e. The van der Waals surface area contributed by atoms with Gasteiger partial charge in [-0.15, -0.1) is 0 Å². The lowest BCUT2D eigenvalue weighted by molar-refractivity contribution is 0.102. The van der Waals surface area contributed by atoms with Crippen LogP contribution in [0, 0.1) is 5.82 Å². The Morgan fingerprint density at radius 2 is 2.04 bits per heavy atom. The summed E-state index contributed by atoms with van der Waals surface area (Å²) in [5.74, 6) is -0.522. The molecule has 5 nitrogen and oxygen atoms in total. The maximum atomic E-state index is 14.0. The molecular weight excluding hydrogens is 355 g/mol. The predicted molar refractivity (Wildman–Crippen MR) is 92.1 cm³/mol. The van der Waals surface area contributed by atoms with Crippen molar-refractivity contribution in [2.45, 2.75) is 0 Å². The zero-order valence-electron chi connectivity index (χ0n) is 12.7. The molecule has 1 amide bonds. The lowest BCUT2D eigenvalue weighted by Gasteiger charge is -2.09. The highest BCUT2D eigenvalue weighted by atomic mass is 35.5. The lowest BCUT2D eigenvalue weighted by Crippen LogP contribution is -2.14. The van der Waals surface area contributed by atoms with E-state index < -0.39 is 11.7 Å². The number of amides is 1. The topological polar surface area (TPSA) is 60.5 Å². The van der Waals surface area contributed by atoms with Gasteiger partial charge in [-0.1, -0.05) is 22.9 Å². The summed E-state index contributed by atoms with van der Waals surface area (Å²) in [4.78, 5) is 16.7. The van der Waals surface area contributed by atoms with Gasteiger partial charge in [0.2, 0.25) is 0 Å². The summed E-state index contributed by atoms with van der Waals surface area (Å²) in [5, 5.41) is 2.82. The predicted octanol–water partition coefficient (Wildman–Crippen LogP) is 4.36. The quantitative estimate of drug-likeness (QED) is 0.745. The summed E-state index contributed by atoms with van der Waals surface area (Å²) in [6, 6.07) is 7.84. The largest absolute Gasteiger partial charge is 0.497 e. The number of halogens is 2. The van der Waals surface area contributed by atoms with E-state index in [1.807, 2.05) is 6.07 Å². The Morgan fingerprint density at radius 3 is 2.75 bits per heavy atom. The summed E-state index contributed by atoms with van der Waals surface area (Å²) in [6.07, 6.45) is 0. The Balaban J connectivity index is 1.93. The minimum absolute atomic E-state index is 0.0854. The number of hydrogen-bond donors (Lipinski definition) is 1. The van der Waals surface area contributed by atoms with Crippen LogP contribution in [0.3, 0.4) is 0 Å². The van der Waals surface area contributed by atoms with E-state index in [2.05, 4.69) is 10.3 Å². The number of benzene rings is 2. The van der Waals surface area contributed by atoms with Crippen molar-refractivity contribution < 1.29 is 18.7 Å². The summed E-state index contributed by atoms with van der Waals surface area (Å²) in [5.41, 5.74) is 0.418. The number of methoxy groups -OCH3 is 2. The van der Waals surface area contributed by atoms with Crippen molar-refractivity contribution in [2.24, 2.45) is 0 Å². The molecule has 0 atom stereocenters.